The SMILES string of the molecule is C=S(C)(=O)N1CCN(c2ccc([C@@H](C)NC(=O)c3cn4ccccc4n3)cc2)CC1. The maximum absolute atomic E-state index is 12.6. The lowest BCUT2D eigenvalue weighted by atomic mass is 10.1. The first-order chi connectivity index (χ1) is 14.3. The van der Waals surface area contributed by atoms with Crippen molar-refractivity contribution in [3.05, 3.63) is 66.1 Å². The molecule has 30 heavy (non-hydrogen) atoms. The number of fused-ring (bicyclic) bond motifs is 1. The fraction of sp³-hybridized carbons (Fsp3) is 0.318. The van der Waals surface area contributed by atoms with Gasteiger partial charge in [-0.3, -0.25) is 9.00 Å². The van der Waals surface area contributed by atoms with Crippen LogP contribution in [0, 0.1) is 0 Å². The number of hydrogen-bond acceptors (Lipinski definition) is 4. The molecule has 1 aliphatic heterocycles. The second kappa shape index (κ2) is 8.12. The van der Waals surface area contributed by atoms with Crippen LogP contribution in [0.2, 0.25) is 0 Å². The quantitative estimate of drug-likeness (QED) is 0.637. The molecule has 4 rings (SSSR count). The number of amides is 1. The largest absolute Gasteiger partial charge is 0.369 e. The number of imidazole rings is 1. The Balaban J connectivity index is 1.38. The molecular formula is C22H27N5O2S. The molecule has 2 atom stereocenters. The summed E-state index contributed by atoms with van der Waals surface area (Å²) in [5, 5.41) is 3.02. The molecule has 0 radical (unpaired) electrons. The molecule has 3 aromatic rings. The van der Waals surface area contributed by atoms with Crippen LogP contribution >= 0.6 is 0 Å². The molecule has 158 valence electrons. The smallest absolute Gasteiger partial charge is 0.271 e. The van der Waals surface area contributed by atoms with Crippen LogP contribution in [0.15, 0.2) is 54.9 Å². The van der Waals surface area contributed by atoms with Gasteiger partial charge in [-0.05, 0) is 42.6 Å². The molecule has 0 saturated carbocycles. The average molecular weight is 426 g/mol. The number of nitrogens with zero attached hydrogens (tertiary/aromatic N) is 4. The van der Waals surface area contributed by atoms with Gasteiger partial charge >= 0.3 is 0 Å². The van der Waals surface area contributed by atoms with E-state index in [1.54, 1.807) is 12.5 Å². The summed E-state index contributed by atoms with van der Waals surface area (Å²) in [7, 11) is -2.13. The monoisotopic (exact) mass is 425 g/mol. The van der Waals surface area contributed by atoms with Crippen LogP contribution in [-0.4, -0.2) is 62.1 Å². The van der Waals surface area contributed by atoms with Gasteiger partial charge in [-0.2, -0.15) is 0 Å². The maximum Gasteiger partial charge on any atom is 0.271 e. The van der Waals surface area contributed by atoms with E-state index in [1.807, 2.05) is 52.2 Å². The lowest BCUT2D eigenvalue weighted by Gasteiger charge is -2.36. The van der Waals surface area contributed by atoms with Gasteiger partial charge in [0.1, 0.15) is 11.3 Å². The second-order valence-corrected chi connectivity index (χ2v) is 10.2. The summed E-state index contributed by atoms with van der Waals surface area (Å²) in [6, 6.07) is 13.8. The number of rotatable bonds is 5. The van der Waals surface area contributed by atoms with Crippen molar-refractivity contribution in [1.29, 1.82) is 0 Å². The highest BCUT2D eigenvalue weighted by Gasteiger charge is 2.21. The van der Waals surface area contributed by atoms with Crippen molar-refractivity contribution in [2.45, 2.75) is 13.0 Å². The molecule has 1 unspecified atom stereocenters. The van der Waals surface area contributed by atoms with Gasteiger partial charge in [0.05, 0.1) is 6.04 Å². The Bertz CT molecular complexity index is 1110. The van der Waals surface area contributed by atoms with Crippen LogP contribution in [0.25, 0.3) is 5.65 Å². The zero-order valence-electron chi connectivity index (χ0n) is 17.3. The van der Waals surface area contributed by atoms with E-state index in [0.29, 0.717) is 5.69 Å². The molecule has 3 heterocycles. The van der Waals surface area contributed by atoms with E-state index in [4.69, 9.17) is 0 Å². The summed E-state index contributed by atoms with van der Waals surface area (Å²) in [5.74, 6) is 3.58. The molecule has 0 bridgehead atoms. The number of hydrogen-bond donors (Lipinski definition) is 1. The zero-order chi connectivity index (χ0) is 21.3. The van der Waals surface area contributed by atoms with E-state index in [1.165, 1.54) is 0 Å². The van der Waals surface area contributed by atoms with E-state index < -0.39 is 9.71 Å². The second-order valence-electron chi connectivity index (χ2n) is 7.75. The highest BCUT2D eigenvalue weighted by Crippen LogP contribution is 2.21. The third-order valence-corrected chi connectivity index (χ3v) is 6.94. The summed E-state index contributed by atoms with van der Waals surface area (Å²) in [4.78, 5) is 19.3. The molecule has 2 aromatic heterocycles. The predicted molar refractivity (Wildman–Crippen MR) is 122 cm³/mol. The number of pyridine rings is 1. The molecule has 7 nitrogen and oxygen atoms in total. The Morgan fingerprint density at radius 1 is 1.13 bits per heavy atom. The van der Waals surface area contributed by atoms with E-state index in [0.717, 1.165) is 43.1 Å². The minimum absolute atomic E-state index is 0.135. The summed E-state index contributed by atoms with van der Waals surface area (Å²) < 4.78 is 15.9. The number of benzene rings is 1. The molecule has 0 aliphatic carbocycles. The van der Waals surface area contributed by atoms with Crippen molar-refractivity contribution < 1.29 is 9.00 Å². The normalized spacial score (nSPS) is 18.1. The standard InChI is InChI=1S/C22H27N5O2S/c1-17(23-22(28)20-16-26-11-5-4-6-21(26)24-20)18-7-9-19(10-8-18)25-12-14-27(15-13-25)30(2,3)29/h4-11,16-17H,2,12-15H2,1,3H3,(H,23,28)/t17-,30?/m1/s1. The first-order valence-electron chi connectivity index (χ1n) is 9.98. The predicted octanol–water partition coefficient (Wildman–Crippen LogP) is 2.21. The highest BCUT2D eigenvalue weighted by molar-refractivity contribution is 7.97. The van der Waals surface area contributed by atoms with E-state index in [2.05, 4.69) is 33.2 Å². The first kappa shape index (κ1) is 20.4. The minimum Gasteiger partial charge on any atom is -0.369 e. The van der Waals surface area contributed by atoms with Crippen LogP contribution in [0.3, 0.4) is 0 Å². The number of anilines is 1. The molecule has 8 heteroatoms. The Morgan fingerprint density at radius 3 is 2.47 bits per heavy atom. The van der Waals surface area contributed by atoms with Crippen LogP contribution in [0.5, 0.6) is 0 Å². The van der Waals surface area contributed by atoms with Gasteiger partial charge in [0.25, 0.3) is 5.91 Å². The van der Waals surface area contributed by atoms with Crippen LogP contribution in [0.1, 0.15) is 29.0 Å². The lowest BCUT2D eigenvalue weighted by molar-refractivity contribution is 0.0935. The summed E-state index contributed by atoms with van der Waals surface area (Å²) in [6.45, 7) is 5.09. The van der Waals surface area contributed by atoms with Gasteiger partial charge in [0, 0.05) is 60.2 Å². The zero-order valence-corrected chi connectivity index (χ0v) is 18.1. The van der Waals surface area contributed by atoms with Crippen molar-refractivity contribution in [3.8, 4) is 0 Å². The van der Waals surface area contributed by atoms with Gasteiger partial charge in [-0.1, -0.05) is 18.2 Å². The molecule has 1 saturated heterocycles. The molecule has 1 amide bonds. The van der Waals surface area contributed by atoms with Gasteiger partial charge in [-0.25, -0.2) is 9.29 Å². The molecule has 0 spiro atoms. The van der Waals surface area contributed by atoms with Crippen molar-refractivity contribution in [3.63, 3.8) is 0 Å². The first-order valence-corrected chi connectivity index (χ1v) is 12.1. The Kier molecular flexibility index (Phi) is 5.53. The minimum atomic E-state index is -2.13. The third kappa shape index (κ3) is 4.34. The Labute approximate surface area is 177 Å². The van der Waals surface area contributed by atoms with Crippen molar-refractivity contribution >= 4 is 32.8 Å². The molecule has 1 N–H and O–H groups in total. The van der Waals surface area contributed by atoms with E-state index in [9.17, 15) is 9.00 Å². The number of carbonyl (C=O) groups excluding carboxylic acids is 1. The number of nitrogens with one attached hydrogen (secondary N) is 1. The van der Waals surface area contributed by atoms with Gasteiger partial charge in [0.15, 0.2) is 0 Å². The van der Waals surface area contributed by atoms with Crippen LogP contribution in [-0.2, 0) is 9.71 Å². The van der Waals surface area contributed by atoms with Gasteiger partial charge < -0.3 is 14.6 Å². The summed E-state index contributed by atoms with van der Waals surface area (Å²) >= 11 is 0. The van der Waals surface area contributed by atoms with E-state index >= 15 is 0 Å². The summed E-state index contributed by atoms with van der Waals surface area (Å²) in [5.41, 5.74) is 3.31. The highest BCUT2D eigenvalue weighted by atomic mass is 32.2. The fourth-order valence-electron chi connectivity index (χ4n) is 3.70. The lowest BCUT2D eigenvalue weighted by Crippen LogP contribution is -2.48. The summed E-state index contributed by atoms with van der Waals surface area (Å²) in [6.07, 6.45) is 5.30. The Morgan fingerprint density at radius 2 is 1.83 bits per heavy atom. The third-order valence-electron chi connectivity index (χ3n) is 5.49. The molecule has 1 fully saturated rings. The molecular weight excluding hydrogens is 398 g/mol. The van der Waals surface area contributed by atoms with Gasteiger partial charge in [-0.15, -0.1) is 0 Å². The fourth-order valence-corrected chi connectivity index (χ4v) is 4.64. The number of piperazine rings is 1. The number of aromatic nitrogens is 2. The average Bonchev–Trinajstić information content (AvgIpc) is 3.18. The van der Waals surface area contributed by atoms with Crippen LogP contribution in [0.4, 0.5) is 5.69 Å². The maximum atomic E-state index is 12.6. The molecule has 1 aromatic carbocycles. The van der Waals surface area contributed by atoms with Crippen LogP contribution < -0.4 is 10.2 Å². The van der Waals surface area contributed by atoms with Crippen molar-refractivity contribution in [2.24, 2.45) is 0 Å². The Hall–Kier alpha value is -2.84. The molecule has 1 aliphatic rings. The topological polar surface area (TPSA) is 70.0 Å². The van der Waals surface area contributed by atoms with Crippen molar-refractivity contribution in [2.75, 3.05) is 37.3 Å². The van der Waals surface area contributed by atoms with Crippen molar-refractivity contribution in [1.82, 2.24) is 19.0 Å². The van der Waals surface area contributed by atoms with E-state index in [-0.39, 0.29) is 11.9 Å². The van der Waals surface area contributed by atoms with Gasteiger partial charge in [0.2, 0.25) is 0 Å². The number of carbonyl (C=O) groups is 1.